The Hall–Kier alpha value is -0.610. The summed E-state index contributed by atoms with van der Waals surface area (Å²) in [5.74, 6) is 0.668. The van der Waals surface area contributed by atoms with Gasteiger partial charge >= 0.3 is 0 Å². The lowest BCUT2D eigenvalue weighted by atomic mass is 9.83. The summed E-state index contributed by atoms with van der Waals surface area (Å²) in [7, 11) is 0. The first-order chi connectivity index (χ1) is 8.25. The molecule has 0 bridgehead atoms. The Balaban J connectivity index is 1.97. The second kappa shape index (κ2) is 4.58. The van der Waals surface area contributed by atoms with Crippen LogP contribution in [-0.2, 0) is 0 Å². The number of benzene rings is 1. The van der Waals surface area contributed by atoms with Gasteiger partial charge in [-0.05, 0) is 40.9 Å². The van der Waals surface area contributed by atoms with Crippen LogP contribution in [0.5, 0.6) is 0 Å². The molecule has 1 N–H and O–H groups in total. The van der Waals surface area contributed by atoms with Gasteiger partial charge in [-0.15, -0.1) is 0 Å². The minimum atomic E-state index is 0.668. The molecular weight excluding hydrogens is 344 g/mol. The highest BCUT2D eigenvalue weighted by Crippen LogP contribution is 2.41. The largest absolute Gasteiger partial charge is 0.280 e. The van der Waals surface area contributed by atoms with Crippen molar-refractivity contribution in [2.24, 2.45) is 0 Å². The molecule has 0 atom stereocenters. The third-order valence-electron chi connectivity index (χ3n) is 3.36. The first-order valence-electron chi connectivity index (χ1n) is 5.75. The molecule has 1 aliphatic rings. The van der Waals surface area contributed by atoms with Crippen LogP contribution in [0.1, 0.15) is 30.9 Å². The van der Waals surface area contributed by atoms with E-state index in [0.717, 1.165) is 20.2 Å². The molecule has 0 unspecified atom stereocenters. The molecule has 0 aliphatic heterocycles. The maximum atomic E-state index is 4.43. The number of H-pyrrole nitrogens is 1. The first-order valence-corrected chi connectivity index (χ1v) is 7.34. The smallest absolute Gasteiger partial charge is 0.107 e. The molecule has 1 fully saturated rings. The monoisotopic (exact) mass is 354 g/mol. The molecule has 0 amide bonds. The van der Waals surface area contributed by atoms with Crippen LogP contribution in [-0.4, -0.2) is 10.2 Å². The number of rotatable bonds is 2. The number of aromatic nitrogens is 2. The molecule has 0 saturated heterocycles. The van der Waals surface area contributed by atoms with E-state index in [1.54, 1.807) is 0 Å². The van der Waals surface area contributed by atoms with E-state index < -0.39 is 0 Å². The van der Waals surface area contributed by atoms with Crippen molar-refractivity contribution in [3.05, 3.63) is 38.9 Å². The van der Waals surface area contributed by atoms with Crippen molar-refractivity contribution in [2.45, 2.75) is 25.2 Å². The molecule has 88 valence electrons. The Bertz CT molecular complexity index is 527. The zero-order valence-electron chi connectivity index (χ0n) is 9.21. The van der Waals surface area contributed by atoms with E-state index in [4.69, 9.17) is 0 Å². The molecule has 1 heterocycles. The number of nitrogens with zero attached hydrogens (tertiary/aromatic N) is 1. The fourth-order valence-corrected chi connectivity index (χ4v) is 3.10. The van der Waals surface area contributed by atoms with Gasteiger partial charge in [0.05, 0.1) is 10.2 Å². The van der Waals surface area contributed by atoms with Gasteiger partial charge in [-0.1, -0.05) is 34.5 Å². The Morgan fingerprint density at radius 1 is 1.12 bits per heavy atom. The molecular formula is C13H12Br2N2. The Kier molecular flexibility index (Phi) is 3.09. The second-order valence-electron chi connectivity index (χ2n) is 4.43. The van der Waals surface area contributed by atoms with Crippen LogP contribution in [0.2, 0.25) is 0 Å². The zero-order valence-corrected chi connectivity index (χ0v) is 12.4. The summed E-state index contributed by atoms with van der Waals surface area (Å²) < 4.78 is 2.22. The molecule has 0 radical (unpaired) electrons. The maximum absolute atomic E-state index is 4.43. The maximum Gasteiger partial charge on any atom is 0.107 e. The molecule has 2 aromatic rings. The number of aromatic amines is 1. The van der Waals surface area contributed by atoms with Crippen molar-refractivity contribution in [2.75, 3.05) is 0 Å². The summed E-state index contributed by atoms with van der Waals surface area (Å²) in [6.45, 7) is 0. The van der Waals surface area contributed by atoms with Gasteiger partial charge < -0.3 is 0 Å². The fraction of sp³-hybridized carbons (Fsp3) is 0.308. The molecule has 3 rings (SSSR count). The van der Waals surface area contributed by atoms with Gasteiger partial charge in [-0.2, -0.15) is 5.10 Å². The summed E-state index contributed by atoms with van der Waals surface area (Å²) >= 11 is 7.12. The average Bonchev–Trinajstić information content (AvgIpc) is 2.60. The van der Waals surface area contributed by atoms with E-state index in [-0.39, 0.29) is 0 Å². The van der Waals surface area contributed by atoms with Crippen molar-refractivity contribution in [3.8, 4) is 11.3 Å². The molecule has 1 saturated carbocycles. The zero-order chi connectivity index (χ0) is 11.8. The van der Waals surface area contributed by atoms with Crippen LogP contribution in [0.4, 0.5) is 0 Å². The lowest BCUT2D eigenvalue weighted by Gasteiger charge is -2.24. The van der Waals surface area contributed by atoms with E-state index in [0.29, 0.717) is 5.92 Å². The number of nitrogens with one attached hydrogen (secondary N) is 1. The number of hydrogen-bond donors (Lipinski definition) is 1. The average molecular weight is 356 g/mol. The molecule has 1 aliphatic carbocycles. The van der Waals surface area contributed by atoms with Crippen LogP contribution in [0.15, 0.2) is 33.2 Å². The van der Waals surface area contributed by atoms with Gasteiger partial charge in [0, 0.05) is 16.0 Å². The fourth-order valence-electron chi connectivity index (χ4n) is 2.11. The van der Waals surface area contributed by atoms with E-state index in [9.17, 15) is 0 Å². The normalized spacial score (nSPS) is 15.9. The Morgan fingerprint density at radius 2 is 1.82 bits per heavy atom. The van der Waals surface area contributed by atoms with Crippen LogP contribution in [0, 0.1) is 0 Å². The highest BCUT2D eigenvalue weighted by Gasteiger charge is 2.25. The standard InChI is InChI=1S/C13H12Br2N2/c14-10-6-4-9(5-7-10)13-11(15)12(16-17-13)8-2-1-3-8/h4-8H,1-3H2,(H,16,17). The molecule has 17 heavy (non-hydrogen) atoms. The van der Waals surface area contributed by atoms with Gasteiger partial charge in [0.2, 0.25) is 0 Å². The van der Waals surface area contributed by atoms with Gasteiger partial charge in [-0.3, -0.25) is 5.10 Å². The molecule has 4 heteroatoms. The second-order valence-corrected chi connectivity index (χ2v) is 6.14. The number of halogens is 2. The lowest BCUT2D eigenvalue weighted by molar-refractivity contribution is 0.409. The van der Waals surface area contributed by atoms with Gasteiger partial charge in [-0.25, -0.2) is 0 Å². The SMILES string of the molecule is Brc1ccc(-c2n[nH]c(C3CCC3)c2Br)cc1. The molecule has 1 aromatic heterocycles. The summed E-state index contributed by atoms with van der Waals surface area (Å²) in [4.78, 5) is 0. The summed E-state index contributed by atoms with van der Waals surface area (Å²) in [6, 6.07) is 8.24. The van der Waals surface area contributed by atoms with Gasteiger partial charge in [0.1, 0.15) is 5.69 Å². The van der Waals surface area contributed by atoms with Crippen molar-refractivity contribution in [1.29, 1.82) is 0 Å². The summed E-state index contributed by atoms with van der Waals surface area (Å²) in [6.07, 6.45) is 3.89. The lowest BCUT2D eigenvalue weighted by Crippen LogP contribution is -2.09. The highest BCUT2D eigenvalue weighted by atomic mass is 79.9. The van der Waals surface area contributed by atoms with Crippen molar-refractivity contribution >= 4 is 31.9 Å². The van der Waals surface area contributed by atoms with E-state index >= 15 is 0 Å². The Morgan fingerprint density at radius 3 is 2.41 bits per heavy atom. The minimum Gasteiger partial charge on any atom is -0.280 e. The van der Waals surface area contributed by atoms with Crippen LogP contribution < -0.4 is 0 Å². The third kappa shape index (κ3) is 2.08. The van der Waals surface area contributed by atoms with Crippen LogP contribution >= 0.6 is 31.9 Å². The summed E-state index contributed by atoms with van der Waals surface area (Å²) in [5, 5.41) is 7.61. The van der Waals surface area contributed by atoms with Crippen molar-refractivity contribution in [1.82, 2.24) is 10.2 Å². The predicted molar refractivity (Wildman–Crippen MR) is 76.0 cm³/mol. The van der Waals surface area contributed by atoms with Crippen molar-refractivity contribution < 1.29 is 0 Å². The predicted octanol–water partition coefficient (Wildman–Crippen LogP) is 4.87. The highest BCUT2D eigenvalue weighted by molar-refractivity contribution is 9.10. The molecule has 2 nitrogen and oxygen atoms in total. The summed E-state index contributed by atoms with van der Waals surface area (Å²) in [5.41, 5.74) is 3.41. The minimum absolute atomic E-state index is 0.668. The number of hydrogen-bond acceptors (Lipinski definition) is 1. The molecule has 0 spiro atoms. The Labute approximate surface area is 117 Å². The molecule has 1 aromatic carbocycles. The van der Waals surface area contributed by atoms with Crippen molar-refractivity contribution in [3.63, 3.8) is 0 Å². The first kappa shape index (κ1) is 11.5. The van der Waals surface area contributed by atoms with Crippen LogP contribution in [0.3, 0.4) is 0 Å². The van der Waals surface area contributed by atoms with E-state index in [2.05, 4.69) is 54.2 Å². The van der Waals surface area contributed by atoms with Crippen LogP contribution in [0.25, 0.3) is 11.3 Å². The van der Waals surface area contributed by atoms with Gasteiger partial charge in [0.25, 0.3) is 0 Å². The topological polar surface area (TPSA) is 28.7 Å². The quantitative estimate of drug-likeness (QED) is 0.817. The third-order valence-corrected chi connectivity index (χ3v) is 4.70. The van der Waals surface area contributed by atoms with E-state index in [1.807, 2.05) is 12.1 Å². The van der Waals surface area contributed by atoms with E-state index in [1.165, 1.54) is 25.0 Å². The van der Waals surface area contributed by atoms with Gasteiger partial charge in [0.15, 0.2) is 0 Å².